The van der Waals surface area contributed by atoms with Gasteiger partial charge in [-0.3, -0.25) is 9.69 Å². The Hall–Kier alpha value is -4.20. The molecule has 1 fully saturated rings. The Bertz CT molecular complexity index is 1260. The molecule has 0 spiro atoms. The van der Waals surface area contributed by atoms with Crippen molar-refractivity contribution in [3.8, 4) is 11.3 Å². The molecule has 1 saturated heterocycles. The van der Waals surface area contributed by atoms with Gasteiger partial charge in [0.25, 0.3) is 5.91 Å². The van der Waals surface area contributed by atoms with Gasteiger partial charge in [-0.2, -0.15) is 0 Å². The number of carbonyl (C=O) groups excluding carboxylic acids is 3. The number of ether oxygens (including phenoxy) is 1. The quantitative estimate of drug-likeness (QED) is 0.368. The lowest BCUT2D eigenvalue weighted by molar-refractivity contribution is -0.123. The summed E-state index contributed by atoms with van der Waals surface area (Å²) in [6.07, 6.45) is 1.42. The molecule has 0 saturated carbocycles. The van der Waals surface area contributed by atoms with Crippen molar-refractivity contribution in [1.82, 2.24) is 10.2 Å². The first-order valence-electron chi connectivity index (χ1n) is 9.74. The summed E-state index contributed by atoms with van der Waals surface area (Å²) >= 11 is 0. The predicted octanol–water partition coefficient (Wildman–Crippen LogP) is 4.27. The highest BCUT2D eigenvalue weighted by Crippen LogP contribution is 2.28. The molecule has 1 aromatic heterocycles. The minimum atomic E-state index is -0.634. The number of rotatable bonds is 5. The lowest BCUT2D eigenvalue weighted by atomic mass is 10.0. The number of nitrogens with zero attached hydrogens (tertiary/aromatic N) is 1. The molecule has 0 bridgehead atoms. The summed E-state index contributed by atoms with van der Waals surface area (Å²) in [6, 6.07) is 13.8. The van der Waals surface area contributed by atoms with E-state index in [1.807, 2.05) is 6.92 Å². The Balaban J connectivity index is 1.54. The molecule has 32 heavy (non-hydrogen) atoms. The molecular formula is C24H19FN2O5. The monoisotopic (exact) mass is 434 g/mol. The van der Waals surface area contributed by atoms with Crippen LogP contribution in [-0.2, 0) is 16.1 Å². The molecule has 3 amide bonds. The molecular weight excluding hydrogens is 415 g/mol. The zero-order valence-electron chi connectivity index (χ0n) is 17.3. The number of hydrogen-bond donors (Lipinski definition) is 1. The fourth-order valence-corrected chi connectivity index (χ4v) is 3.41. The molecule has 1 N–H and O–H groups in total. The fourth-order valence-electron chi connectivity index (χ4n) is 3.41. The standard InChI is InChI=1S/C24H19FN2O5/c1-14-11-15(23(29)31-2)7-9-18(14)21-10-8-17(32-21)12-20-22(28)27(24(30)26-20)13-16-5-3-4-6-19(16)25/h3-12H,13H2,1-2H3,(H,26,30)/b20-12+. The van der Waals surface area contributed by atoms with E-state index in [0.29, 0.717) is 17.1 Å². The maximum Gasteiger partial charge on any atom is 0.337 e. The van der Waals surface area contributed by atoms with Gasteiger partial charge in [-0.1, -0.05) is 24.3 Å². The van der Waals surface area contributed by atoms with Gasteiger partial charge < -0.3 is 14.5 Å². The number of aryl methyl sites for hydroxylation is 1. The minimum absolute atomic E-state index is 0.0324. The highest BCUT2D eigenvalue weighted by Gasteiger charge is 2.34. The Labute approximate surface area is 183 Å². The third-order valence-corrected chi connectivity index (χ3v) is 5.07. The summed E-state index contributed by atoms with van der Waals surface area (Å²) in [5.41, 5.74) is 2.28. The number of imide groups is 1. The molecule has 162 valence electrons. The number of benzene rings is 2. The van der Waals surface area contributed by atoms with E-state index in [1.165, 1.54) is 31.4 Å². The average Bonchev–Trinajstić information content (AvgIpc) is 3.34. The summed E-state index contributed by atoms with van der Waals surface area (Å²) in [4.78, 5) is 37.5. The van der Waals surface area contributed by atoms with Crippen LogP contribution >= 0.6 is 0 Å². The Kier molecular flexibility index (Phi) is 5.59. The van der Waals surface area contributed by atoms with Gasteiger partial charge >= 0.3 is 12.0 Å². The zero-order chi connectivity index (χ0) is 22.8. The number of urea groups is 1. The summed E-state index contributed by atoms with van der Waals surface area (Å²) in [7, 11) is 1.32. The number of hydrogen-bond acceptors (Lipinski definition) is 5. The van der Waals surface area contributed by atoms with E-state index < -0.39 is 23.7 Å². The smallest absolute Gasteiger partial charge is 0.337 e. The van der Waals surface area contributed by atoms with Crippen LogP contribution in [0.3, 0.4) is 0 Å². The molecule has 8 heteroatoms. The summed E-state index contributed by atoms with van der Waals surface area (Å²) in [5, 5.41) is 2.49. The van der Waals surface area contributed by atoms with Crippen molar-refractivity contribution >= 4 is 24.0 Å². The minimum Gasteiger partial charge on any atom is -0.465 e. The van der Waals surface area contributed by atoms with Gasteiger partial charge in [-0.25, -0.2) is 14.0 Å². The SMILES string of the molecule is COC(=O)c1ccc(-c2ccc(/C=C3/NC(=O)N(Cc4ccccc4F)C3=O)o2)c(C)c1. The van der Waals surface area contributed by atoms with Crippen molar-refractivity contribution in [3.63, 3.8) is 0 Å². The maximum absolute atomic E-state index is 13.9. The Morgan fingerprint density at radius 3 is 2.66 bits per heavy atom. The Morgan fingerprint density at radius 2 is 1.94 bits per heavy atom. The first-order valence-corrected chi connectivity index (χ1v) is 9.74. The molecule has 0 radical (unpaired) electrons. The molecule has 2 heterocycles. The number of esters is 1. The summed E-state index contributed by atoms with van der Waals surface area (Å²) < 4.78 is 24.4. The first-order chi connectivity index (χ1) is 15.4. The molecule has 3 aromatic rings. The van der Waals surface area contributed by atoms with Gasteiger partial charge in [-0.05, 0) is 42.8 Å². The van der Waals surface area contributed by atoms with Crippen LogP contribution in [-0.4, -0.2) is 29.9 Å². The van der Waals surface area contributed by atoms with Crippen LogP contribution in [0.2, 0.25) is 0 Å². The number of nitrogens with one attached hydrogen (secondary N) is 1. The van der Waals surface area contributed by atoms with Crippen LogP contribution in [0.5, 0.6) is 0 Å². The average molecular weight is 434 g/mol. The van der Waals surface area contributed by atoms with Crippen LogP contribution in [0.25, 0.3) is 17.4 Å². The molecule has 4 rings (SSSR count). The van der Waals surface area contributed by atoms with Gasteiger partial charge in [0, 0.05) is 17.2 Å². The Morgan fingerprint density at radius 1 is 1.16 bits per heavy atom. The van der Waals surface area contributed by atoms with Crippen molar-refractivity contribution in [1.29, 1.82) is 0 Å². The van der Waals surface area contributed by atoms with Crippen LogP contribution in [0.4, 0.5) is 9.18 Å². The van der Waals surface area contributed by atoms with Crippen molar-refractivity contribution < 1.29 is 27.9 Å². The normalized spacial score (nSPS) is 14.7. The maximum atomic E-state index is 13.9. The number of furan rings is 1. The van der Waals surface area contributed by atoms with Crippen LogP contribution in [0.15, 0.2) is 64.7 Å². The van der Waals surface area contributed by atoms with Crippen molar-refractivity contribution in [2.75, 3.05) is 7.11 Å². The predicted molar refractivity (Wildman–Crippen MR) is 114 cm³/mol. The molecule has 2 aromatic carbocycles. The van der Waals surface area contributed by atoms with Gasteiger partial charge in [0.15, 0.2) is 0 Å². The highest BCUT2D eigenvalue weighted by atomic mass is 19.1. The van der Waals surface area contributed by atoms with E-state index in [4.69, 9.17) is 9.15 Å². The summed E-state index contributed by atoms with van der Waals surface area (Å²) in [5.74, 6) is -0.608. The number of methoxy groups -OCH3 is 1. The van der Waals surface area contributed by atoms with Gasteiger partial charge in [0.1, 0.15) is 23.0 Å². The van der Waals surface area contributed by atoms with E-state index >= 15 is 0 Å². The zero-order valence-corrected chi connectivity index (χ0v) is 17.3. The van der Waals surface area contributed by atoms with Crippen molar-refractivity contribution in [2.45, 2.75) is 13.5 Å². The highest BCUT2D eigenvalue weighted by molar-refractivity contribution is 6.13. The number of carbonyl (C=O) groups is 3. The lowest BCUT2D eigenvalue weighted by Gasteiger charge is -2.12. The van der Waals surface area contributed by atoms with E-state index in [0.717, 1.165) is 16.0 Å². The molecule has 0 atom stereocenters. The van der Waals surface area contributed by atoms with E-state index in [-0.39, 0.29) is 17.8 Å². The van der Waals surface area contributed by atoms with Crippen molar-refractivity contribution in [3.05, 3.63) is 88.6 Å². The van der Waals surface area contributed by atoms with Crippen LogP contribution in [0, 0.1) is 12.7 Å². The second kappa shape index (κ2) is 8.50. The van der Waals surface area contributed by atoms with Gasteiger partial charge in [-0.15, -0.1) is 0 Å². The molecule has 0 unspecified atom stereocenters. The van der Waals surface area contributed by atoms with E-state index in [1.54, 1.807) is 36.4 Å². The van der Waals surface area contributed by atoms with E-state index in [2.05, 4.69) is 5.32 Å². The topological polar surface area (TPSA) is 88.9 Å². The lowest BCUT2D eigenvalue weighted by Crippen LogP contribution is -2.30. The largest absolute Gasteiger partial charge is 0.465 e. The molecule has 1 aliphatic heterocycles. The van der Waals surface area contributed by atoms with Gasteiger partial charge in [0.05, 0.1) is 19.2 Å². The van der Waals surface area contributed by atoms with Crippen LogP contribution in [0.1, 0.15) is 27.2 Å². The first kappa shape index (κ1) is 21.0. The molecule has 0 aliphatic carbocycles. The summed E-state index contributed by atoms with van der Waals surface area (Å²) in [6.45, 7) is 1.66. The second-order valence-corrected chi connectivity index (χ2v) is 7.19. The van der Waals surface area contributed by atoms with Crippen molar-refractivity contribution in [2.24, 2.45) is 0 Å². The van der Waals surface area contributed by atoms with Gasteiger partial charge in [0.2, 0.25) is 0 Å². The van der Waals surface area contributed by atoms with E-state index in [9.17, 15) is 18.8 Å². The second-order valence-electron chi connectivity index (χ2n) is 7.19. The third-order valence-electron chi connectivity index (χ3n) is 5.07. The third kappa shape index (κ3) is 4.02. The number of amides is 3. The van der Waals surface area contributed by atoms with Crippen LogP contribution < -0.4 is 5.32 Å². The number of halogens is 1. The fraction of sp³-hybridized carbons (Fsp3) is 0.125. The molecule has 7 nitrogen and oxygen atoms in total. The molecule has 1 aliphatic rings.